The van der Waals surface area contributed by atoms with Gasteiger partial charge in [0.05, 0.1) is 29.0 Å². The van der Waals surface area contributed by atoms with E-state index in [0.29, 0.717) is 28.8 Å². The van der Waals surface area contributed by atoms with Gasteiger partial charge in [0.25, 0.3) is 5.92 Å². The molecule has 2 aromatic heterocycles. The number of carbonyl (C=O) groups is 1. The van der Waals surface area contributed by atoms with Gasteiger partial charge in [-0.05, 0) is 49.9 Å². The predicted molar refractivity (Wildman–Crippen MR) is 151 cm³/mol. The van der Waals surface area contributed by atoms with Crippen LogP contribution in [0.25, 0.3) is 16.9 Å². The fourth-order valence-corrected chi connectivity index (χ4v) is 6.01. The van der Waals surface area contributed by atoms with E-state index >= 15 is 0 Å². The van der Waals surface area contributed by atoms with E-state index in [0.717, 1.165) is 37.3 Å². The molecule has 5 rings (SSSR count). The number of carboxylic acid groups (broad SMARTS) is 1. The highest BCUT2D eigenvalue weighted by atomic mass is 32.2. The fraction of sp³-hybridized carbons (Fsp3) is 0.481. The van der Waals surface area contributed by atoms with Gasteiger partial charge < -0.3 is 14.9 Å². The van der Waals surface area contributed by atoms with Gasteiger partial charge in [-0.3, -0.25) is 9.52 Å². The number of hydrogen-bond acceptors (Lipinski definition) is 8. The highest BCUT2D eigenvalue weighted by Crippen LogP contribution is 2.33. The quantitative estimate of drug-likeness (QED) is 0.401. The van der Waals surface area contributed by atoms with Crippen LogP contribution < -0.4 is 14.5 Å². The molecule has 0 spiro atoms. The van der Waals surface area contributed by atoms with Gasteiger partial charge in [-0.15, -0.1) is 0 Å². The van der Waals surface area contributed by atoms with Gasteiger partial charge >= 0.3 is 5.97 Å². The van der Waals surface area contributed by atoms with Crippen LogP contribution in [0.2, 0.25) is 0 Å². The zero-order valence-corrected chi connectivity index (χ0v) is 23.7. The number of benzene rings is 1. The Balaban J connectivity index is 1.46. The van der Waals surface area contributed by atoms with Crippen molar-refractivity contribution < 1.29 is 27.1 Å². The maximum absolute atomic E-state index is 13.7. The molecule has 0 atom stereocenters. The molecule has 2 N–H and O–H groups in total. The number of aliphatic carboxylic acids is 1. The summed E-state index contributed by atoms with van der Waals surface area (Å²) in [7, 11) is -4.07. The normalized spacial score (nSPS) is 18.0. The number of sulfonamides is 1. The van der Waals surface area contributed by atoms with E-state index in [4.69, 9.17) is 5.11 Å². The van der Waals surface area contributed by atoms with Crippen molar-refractivity contribution >= 4 is 33.3 Å². The van der Waals surface area contributed by atoms with Crippen LogP contribution in [0.1, 0.15) is 38.3 Å². The average Bonchev–Trinajstić information content (AvgIpc) is 3.38. The monoisotopic (exact) mass is 589 g/mol. The number of anilines is 3. The summed E-state index contributed by atoms with van der Waals surface area (Å²) in [6.45, 7) is 5.93. The summed E-state index contributed by atoms with van der Waals surface area (Å²) in [5.74, 6) is -4.16. The number of alkyl halides is 2. The zero-order valence-electron chi connectivity index (χ0n) is 22.9. The minimum Gasteiger partial charge on any atom is -0.480 e. The lowest BCUT2D eigenvalue weighted by Crippen LogP contribution is -2.40. The Labute approximate surface area is 237 Å². The number of aromatic nitrogens is 4. The standard InChI is InChI=1S/C27H33F2N7O4S/c1-18-5-9-34(10-6-18)24-14-21(33-41(39,40)17-25(37)38)3-4-23(24)36-16-20(15-30-36)22-13-19(2)31-26(32-22)35-11-7-27(28,29)8-12-35/h3-4,13-16,18,33H,5-12,17H2,1-2H3,(H,37,38). The summed E-state index contributed by atoms with van der Waals surface area (Å²) in [6, 6.07) is 6.83. The summed E-state index contributed by atoms with van der Waals surface area (Å²) in [5.41, 5.74) is 3.77. The van der Waals surface area contributed by atoms with E-state index in [-0.39, 0.29) is 31.6 Å². The first-order chi connectivity index (χ1) is 19.4. The Hall–Kier alpha value is -3.81. The number of halogens is 2. The largest absolute Gasteiger partial charge is 0.480 e. The van der Waals surface area contributed by atoms with Gasteiger partial charge in [-0.1, -0.05) is 6.92 Å². The minimum absolute atomic E-state index is 0.176. The fourth-order valence-electron chi connectivity index (χ4n) is 5.12. The van der Waals surface area contributed by atoms with Crippen LogP contribution in [-0.4, -0.2) is 77.1 Å². The molecule has 41 heavy (non-hydrogen) atoms. The lowest BCUT2D eigenvalue weighted by Gasteiger charge is -2.33. The van der Waals surface area contributed by atoms with Gasteiger partial charge in [0.1, 0.15) is 0 Å². The number of hydrogen-bond donors (Lipinski definition) is 2. The first-order valence-corrected chi connectivity index (χ1v) is 15.2. The van der Waals surface area contributed by atoms with Crippen LogP contribution in [0.15, 0.2) is 36.7 Å². The van der Waals surface area contributed by atoms with E-state index in [9.17, 15) is 22.0 Å². The number of nitrogens with one attached hydrogen (secondary N) is 1. The minimum atomic E-state index is -4.07. The molecule has 14 heteroatoms. The van der Waals surface area contributed by atoms with Crippen LogP contribution in [0.3, 0.4) is 0 Å². The van der Waals surface area contributed by atoms with E-state index in [1.54, 1.807) is 34.0 Å². The lowest BCUT2D eigenvalue weighted by atomic mass is 9.98. The molecule has 0 aliphatic carbocycles. The van der Waals surface area contributed by atoms with E-state index < -0.39 is 27.7 Å². The summed E-state index contributed by atoms with van der Waals surface area (Å²) in [5, 5.41) is 13.5. The van der Waals surface area contributed by atoms with E-state index in [2.05, 4.69) is 31.6 Å². The van der Waals surface area contributed by atoms with Gasteiger partial charge in [-0.2, -0.15) is 5.10 Å². The second-order valence-electron chi connectivity index (χ2n) is 10.8. The molecule has 0 saturated carbocycles. The topological polar surface area (TPSA) is 134 Å². The van der Waals surface area contributed by atoms with Crippen molar-refractivity contribution in [2.45, 2.75) is 45.5 Å². The highest BCUT2D eigenvalue weighted by Gasteiger charge is 2.35. The summed E-state index contributed by atoms with van der Waals surface area (Å²) in [4.78, 5) is 24.1. The third-order valence-corrected chi connectivity index (χ3v) is 8.61. The molecule has 0 amide bonds. The van der Waals surface area contributed by atoms with Crippen molar-refractivity contribution in [3.8, 4) is 16.9 Å². The number of carboxylic acids is 1. The summed E-state index contributed by atoms with van der Waals surface area (Å²) < 4.78 is 56.0. The molecule has 2 aliphatic heterocycles. The lowest BCUT2D eigenvalue weighted by molar-refractivity contribution is -0.134. The highest BCUT2D eigenvalue weighted by molar-refractivity contribution is 7.93. The zero-order chi connectivity index (χ0) is 29.4. The second-order valence-corrected chi connectivity index (χ2v) is 12.6. The average molecular weight is 590 g/mol. The van der Waals surface area contributed by atoms with Crippen molar-refractivity contribution in [3.05, 3.63) is 42.4 Å². The molecule has 3 aromatic rings. The number of rotatable bonds is 8. The van der Waals surface area contributed by atoms with Gasteiger partial charge in [0.15, 0.2) is 5.75 Å². The van der Waals surface area contributed by atoms with Crippen LogP contribution >= 0.6 is 0 Å². The van der Waals surface area contributed by atoms with Gasteiger partial charge in [-0.25, -0.2) is 31.8 Å². The Morgan fingerprint density at radius 2 is 1.78 bits per heavy atom. The molecule has 4 heterocycles. The van der Waals surface area contributed by atoms with E-state index in [1.807, 2.05) is 19.2 Å². The SMILES string of the molecule is Cc1cc(-c2cnn(-c3ccc(NS(=O)(=O)CC(=O)O)cc3N3CCC(C)CC3)c2)nc(N2CCC(F)(F)CC2)n1. The number of nitrogens with zero attached hydrogens (tertiary/aromatic N) is 6. The maximum atomic E-state index is 13.7. The number of piperidine rings is 2. The summed E-state index contributed by atoms with van der Waals surface area (Å²) >= 11 is 0. The predicted octanol–water partition coefficient (Wildman–Crippen LogP) is 3.94. The molecule has 0 radical (unpaired) electrons. The Kier molecular flexibility index (Phi) is 7.86. The molecule has 2 aliphatic rings. The van der Waals surface area contributed by atoms with Gasteiger partial charge in [0, 0.05) is 56.5 Å². The van der Waals surface area contributed by atoms with Crippen molar-refractivity contribution in [1.29, 1.82) is 0 Å². The third kappa shape index (κ3) is 6.92. The third-order valence-electron chi connectivity index (χ3n) is 7.43. The smallest absolute Gasteiger partial charge is 0.320 e. The molecule has 220 valence electrons. The number of aryl methyl sites for hydroxylation is 1. The van der Waals surface area contributed by atoms with Crippen LogP contribution in [0.5, 0.6) is 0 Å². The Morgan fingerprint density at radius 1 is 1.07 bits per heavy atom. The van der Waals surface area contributed by atoms with Crippen LogP contribution in [-0.2, 0) is 14.8 Å². The molecule has 1 aromatic carbocycles. The molecule has 0 bridgehead atoms. The molecular weight excluding hydrogens is 556 g/mol. The first kappa shape index (κ1) is 28.7. The molecular formula is C27H33F2N7O4S. The molecule has 0 unspecified atom stereocenters. The van der Waals surface area contributed by atoms with Crippen molar-refractivity contribution in [2.75, 3.05) is 46.5 Å². The first-order valence-electron chi connectivity index (χ1n) is 13.5. The Morgan fingerprint density at radius 3 is 2.46 bits per heavy atom. The van der Waals surface area contributed by atoms with Crippen molar-refractivity contribution in [2.24, 2.45) is 5.92 Å². The van der Waals surface area contributed by atoms with Crippen LogP contribution in [0, 0.1) is 12.8 Å². The molecule has 2 saturated heterocycles. The Bertz CT molecular complexity index is 1530. The van der Waals surface area contributed by atoms with Crippen molar-refractivity contribution in [1.82, 2.24) is 19.7 Å². The second kappa shape index (κ2) is 11.2. The molecule has 2 fully saturated rings. The van der Waals surface area contributed by atoms with Crippen LogP contribution in [0.4, 0.5) is 26.1 Å². The van der Waals surface area contributed by atoms with E-state index in [1.165, 1.54) is 0 Å². The summed E-state index contributed by atoms with van der Waals surface area (Å²) in [6.07, 6.45) is 4.96. The van der Waals surface area contributed by atoms with Crippen molar-refractivity contribution in [3.63, 3.8) is 0 Å². The van der Waals surface area contributed by atoms with Gasteiger partial charge in [0.2, 0.25) is 16.0 Å². The maximum Gasteiger partial charge on any atom is 0.320 e. The molecule has 11 nitrogen and oxygen atoms in total.